The number of rotatable bonds is 4. The van der Waals surface area contributed by atoms with Gasteiger partial charge in [-0.2, -0.15) is 13.2 Å². The number of hydrogen-bond donors (Lipinski definition) is 1. The minimum atomic E-state index is -4.27. The summed E-state index contributed by atoms with van der Waals surface area (Å²) in [7, 11) is 1.85. The van der Waals surface area contributed by atoms with Gasteiger partial charge in [-0.25, -0.2) is 0 Å². The molecule has 1 atom stereocenters. The third kappa shape index (κ3) is 5.64. The third-order valence-corrected chi connectivity index (χ3v) is 3.00. The molecule has 0 amide bonds. The van der Waals surface area contributed by atoms with Crippen molar-refractivity contribution < 1.29 is 13.2 Å². The van der Waals surface area contributed by atoms with Crippen molar-refractivity contribution >= 4 is 0 Å². The van der Waals surface area contributed by atoms with Gasteiger partial charge < -0.3 is 5.32 Å². The smallest absolute Gasteiger partial charge is 0.317 e. The zero-order chi connectivity index (χ0) is 14.7. The van der Waals surface area contributed by atoms with Gasteiger partial charge in [-0.1, -0.05) is 39.0 Å². The van der Waals surface area contributed by atoms with E-state index in [-0.39, 0.29) is 11.5 Å². The van der Waals surface area contributed by atoms with E-state index in [1.54, 1.807) is 6.07 Å². The minimum Gasteiger partial charge on any atom is -0.317 e. The lowest BCUT2D eigenvalue weighted by Gasteiger charge is -2.26. The van der Waals surface area contributed by atoms with Crippen LogP contribution in [0.15, 0.2) is 24.3 Å². The number of nitrogens with one attached hydrogen (secondary N) is 1. The first-order chi connectivity index (χ1) is 8.62. The van der Waals surface area contributed by atoms with E-state index in [2.05, 4.69) is 26.1 Å². The minimum absolute atomic E-state index is 0.148. The van der Waals surface area contributed by atoms with Crippen LogP contribution in [0, 0.1) is 5.41 Å². The molecule has 0 spiro atoms. The van der Waals surface area contributed by atoms with Gasteiger partial charge >= 0.3 is 6.18 Å². The van der Waals surface area contributed by atoms with Crippen molar-refractivity contribution in [3.63, 3.8) is 0 Å². The standard InChI is InChI=1S/C15H22F3N/c1-14(2,3)10-13(19-4)9-11-6-5-7-12(8-11)15(16,17)18/h5-8,13,19H,9-10H2,1-4H3. The summed E-state index contributed by atoms with van der Waals surface area (Å²) in [5.74, 6) is 0. The topological polar surface area (TPSA) is 12.0 Å². The summed E-state index contributed by atoms with van der Waals surface area (Å²) in [5, 5.41) is 3.18. The normalized spacial score (nSPS) is 14.5. The molecule has 0 bridgehead atoms. The summed E-state index contributed by atoms with van der Waals surface area (Å²) in [6, 6.07) is 5.77. The first-order valence-corrected chi connectivity index (χ1v) is 6.45. The largest absolute Gasteiger partial charge is 0.416 e. The molecule has 0 radical (unpaired) electrons. The fourth-order valence-corrected chi connectivity index (χ4v) is 2.17. The number of benzene rings is 1. The quantitative estimate of drug-likeness (QED) is 0.863. The van der Waals surface area contributed by atoms with Crippen LogP contribution in [0.4, 0.5) is 13.2 Å². The Morgan fingerprint density at radius 1 is 1.16 bits per heavy atom. The van der Waals surface area contributed by atoms with Crippen LogP contribution in [0.2, 0.25) is 0 Å². The maximum Gasteiger partial charge on any atom is 0.416 e. The van der Waals surface area contributed by atoms with Crippen molar-refractivity contribution in [1.82, 2.24) is 5.32 Å². The molecule has 4 heteroatoms. The van der Waals surface area contributed by atoms with Crippen LogP contribution < -0.4 is 5.32 Å². The first kappa shape index (κ1) is 16.0. The van der Waals surface area contributed by atoms with Crippen LogP contribution >= 0.6 is 0 Å². The van der Waals surface area contributed by atoms with Crippen LogP contribution in [-0.2, 0) is 12.6 Å². The van der Waals surface area contributed by atoms with Crippen molar-refractivity contribution in [3.05, 3.63) is 35.4 Å². The highest BCUT2D eigenvalue weighted by molar-refractivity contribution is 5.26. The van der Waals surface area contributed by atoms with Crippen LogP contribution in [0.1, 0.15) is 38.3 Å². The average molecular weight is 273 g/mol. The van der Waals surface area contributed by atoms with E-state index in [0.717, 1.165) is 18.1 Å². The summed E-state index contributed by atoms with van der Waals surface area (Å²) < 4.78 is 37.9. The lowest BCUT2D eigenvalue weighted by molar-refractivity contribution is -0.137. The van der Waals surface area contributed by atoms with E-state index in [1.807, 2.05) is 7.05 Å². The maximum absolute atomic E-state index is 12.6. The Morgan fingerprint density at radius 2 is 1.79 bits per heavy atom. The number of alkyl halides is 3. The van der Waals surface area contributed by atoms with Gasteiger partial charge in [0.2, 0.25) is 0 Å². The van der Waals surface area contributed by atoms with Crippen LogP contribution in [0.3, 0.4) is 0 Å². The second-order valence-electron chi connectivity index (χ2n) is 6.15. The molecule has 108 valence electrons. The predicted octanol–water partition coefficient (Wildman–Crippen LogP) is 4.27. The molecule has 1 unspecified atom stereocenters. The maximum atomic E-state index is 12.6. The first-order valence-electron chi connectivity index (χ1n) is 6.45. The second kappa shape index (κ2) is 5.95. The summed E-state index contributed by atoms with van der Waals surface area (Å²) in [6.45, 7) is 6.39. The summed E-state index contributed by atoms with van der Waals surface area (Å²) in [5.41, 5.74) is 0.295. The highest BCUT2D eigenvalue weighted by Crippen LogP contribution is 2.30. The molecule has 0 saturated carbocycles. The van der Waals surface area contributed by atoms with E-state index < -0.39 is 11.7 Å². The SMILES string of the molecule is CNC(Cc1cccc(C(F)(F)F)c1)CC(C)(C)C. The fourth-order valence-electron chi connectivity index (χ4n) is 2.17. The summed E-state index contributed by atoms with van der Waals surface area (Å²) in [6.07, 6.45) is -2.74. The fraction of sp³-hybridized carbons (Fsp3) is 0.600. The number of halogens is 3. The Kier molecular flexibility index (Phi) is 5.02. The molecule has 1 nitrogen and oxygen atoms in total. The van der Waals surface area contributed by atoms with Crippen molar-refractivity contribution in [3.8, 4) is 0 Å². The van der Waals surface area contributed by atoms with Crippen molar-refractivity contribution in [2.24, 2.45) is 5.41 Å². The van der Waals surface area contributed by atoms with Gasteiger partial charge in [0.1, 0.15) is 0 Å². The molecular weight excluding hydrogens is 251 g/mol. The second-order valence-corrected chi connectivity index (χ2v) is 6.15. The molecule has 19 heavy (non-hydrogen) atoms. The molecule has 0 aliphatic carbocycles. The van der Waals surface area contributed by atoms with Gasteiger partial charge in [-0.3, -0.25) is 0 Å². The molecule has 0 aromatic heterocycles. The van der Waals surface area contributed by atoms with E-state index >= 15 is 0 Å². The summed E-state index contributed by atoms with van der Waals surface area (Å²) in [4.78, 5) is 0. The van der Waals surface area contributed by atoms with Crippen LogP contribution in [0.25, 0.3) is 0 Å². The zero-order valence-electron chi connectivity index (χ0n) is 11.9. The van der Waals surface area contributed by atoms with Gasteiger partial charge in [-0.15, -0.1) is 0 Å². The average Bonchev–Trinajstić information content (AvgIpc) is 2.25. The monoisotopic (exact) mass is 273 g/mol. The lowest BCUT2D eigenvalue weighted by Crippen LogP contribution is -2.32. The van der Waals surface area contributed by atoms with E-state index in [4.69, 9.17) is 0 Å². The number of hydrogen-bond acceptors (Lipinski definition) is 1. The molecule has 0 fully saturated rings. The van der Waals surface area contributed by atoms with Gasteiger partial charge in [0.25, 0.3) is 0 Å². The van der Waals surface area contributed by atoms with E-state index in [0.29, 0.717) is 6.42 Å². The molecular formula is C15H22F3N. The van der Waals surface area contributed by atoms with Crippen LogP contribution in [0.5, 0.6) is 0 Å². The van der Waals surface area contributed by atoms with Gasteiger partial charge in [-0.05, 0) is 36.9 Å². The Bertz CT molecular complexity index is 405. The van der Waals surface area contributed by atoms with E-state index in [9.17, 15) is 13.2 Å². The van der Waals surface area contributed by atoms with Crippen molar-refractivity contribution in [2.45, 2.75) is 45.8 Å². The highest BCUT2D eigenvalue weighted by Gasteiger charge is 2.30. The van der Waals surface area contributed by atoms with Crippen molar-refractivity contribution in [2.75, 3.05) is 7.05 Å². The molecule has 0 heterocycles. The molecule has 1 N–H and O–H groups in total. The molecule has 0 aliphatic rings. The predicted molar refractivity (Wildman–Crippen MR) is 72.1 cm³/mol. The zero-order valence-corrected chi connectivity index (χ0v) is 11.9. The molecule has 1 aromatic rings. The molecule has 0 saturated heterocycles. The third-order valence-electron chi connectivity index (χ3n) is 3.00. The van der Waals surface area contributed by atoms with E-state index in [1.165, 1.54) is 12.1 Å². The van der Waals surface area contributed by atoms with Crippen LogP contribution in [-0.4, -0.2) is 13.1 Å². The Morgan fingerprint density at radius 3 is 2.26 bits per heavy atom. The Hall–Kier alpha value is -1.03. The molecule has 0 aliphatic heterocycles. The highest BCUT2D eigenvalue weighted by atomic mass is 19.4. The van der Waals surface area contributed by atoms with Crippen molar-refractivity contribution in [1.29, 1.82) is 0 Å². The number of likely N-dealkylation sites (N-methyl/N-ethyl adjacent to an activating group) is 1. The van der Waals surface area contributed by atoms with Gasteiger partial charge in [0.15, 0.2) is 0 Å². The van der Waals surface area contributed by atoms with Gasteiger partial charge in [0, 0.05) is 6.04 Å². The molecule has 1 rings (SSSR count). The van der Waals surface area contributed by atoms with Gasteiger partial charge in [0.05, 0.1) is 5.56 Å². The Labute approximate surface area is 113 Å². The lowest BCUT2D eigenvalue weighted by atomic mass is 9.86. The summed E-state index contributed by atoms with van der Waals surface area (Å²) >= 11 is 0. The Balaban J connectivity index is 2.81. The molecule has 1 aromatic carbocycles.